The van der Waals surface area contributed by atoms with Crippen molar-refractivity contribution in [3.8, 4) is 5.82 Å². The fourth-order valence-corrected chi connectivity index (χ4v) is 8.52. The van der Waals surface area contributed by atoms with Crippen LogP contribution in [0.25, 0.3) is 55.0 Å². The highest BCUT2D eigenvalue weighted by Gasteiger charge is 2.25. The molecule has 0 fully saturated rings. The first kappa shape index (κ1) is 29.0. The number of pyridine rings is 1. The molecule has 7 aromatic rings. The minimum atomic E-state index is 0.155. The summed E-state index contributed by atoms with van der Waals surface area (Å²) in [5, 5.41) is 5.07. The number of nitrogens with zero attached hydrogens (tertiary/aromatic N) is 3. The standard InChI is InChI=1S/C47H37N3/c1-4-15-32(16-5-1)34-29-35(33-17-6-2-7-18-33)31-36(30-34)41-23-14-26-45(48-41)50-42-24-12-10-21-38(42)39-27-28-44-46(47(39)50)40-22-11-13-25-43(40)49(44)37-19-8-3-9-20-37/h1,3-6,8-19,21-29,31,36-37H,2,7,20,30H2. The molecular weight excluding hydrogens is 607 g/mol. The Labute approximate surface area is 292 Å². The van der Waals surface area contributed by atoms with E-state index in [9.17, 15) is 0 Å². The smallest absolute Gasteiger partial charge is 0.137 e. The number of benzene rings is 4. The molecule has 0 bridgehead atoms. The first-order valence-electron chi connectivity index (χ1n) is 17.9. The summed E-state index contributed by atoms with van der Waals surface area (Å²) in [5.41, 5.74) is 11.3. The number of fused-ring (bicyclic) bond motifs is 7. The topological polar surface area (TPSA) is 22.8 Å². The minimum Gasteiger partial charge on any atom is -0.333 e. The van der Waals surface area contributed by atoms with Crippen LogP contribution in [0.2, 0.25) is 0 Å². The van der Waals surface area contributed by atoms with Gasteiger partial charge in [-0.15, -0.1) is 0 Å². The van der Waals surface area contributed by atoms with Gasteiger partial charge in [-0.25, -0.2) is 4.98 Å². The Morgan fingerprint density at radius 1 is 0.640 bits per heavy atom. The van der Waals surface area contributed by atoms with Crippen LogP contribution < -0.4 is 0 Å². The van der Waals surface area contributed by atoms with Crippen molar-refractivity contribution in [2.24, 2.45) is 0 Å². The quantitative estimate of drug-likeness (QED) is 0.183. The fraction of sp³-hybridized carbons (Fsp3) is 0.128. The van der Waals surface area contributed by atoms with Gasteiger partial charge in [0.25, 0.3) is 0 Å². The maximum atomic E-state index is 5.56. The molecule has 2 unspecified atom stereocenters. The second-order valence-corrected chi connectivity index (χ2v) is 13.7. The molecule has 0 N–H and O–H groups in total. The van der Waals surface area contributed by atoms with Gasteiger partial charge >= 0.3 is 0 Å². The van der Waals surface area contributed by atoms with Crippen LogP contribution in [0.5, 0.6) is 0 Å². The van der Waals surface area contributed by atoms with Crippen molar-refractivity contribution in [3.05, 3.63) is 186 Å². The zero-order valence-electron chi connectivity index (χ0n) is 27.9. The highest BCUT2D eigenvalue weighted by molar-refractivity contribution is 6.25. The molecule has 0 amide bonds. The van der Waals surface area contributed by atoms with Crippen molar-refractivity contribution in [1.29, 1.82) is 0 Å². The van der Waals surface area contributed by atoms with Gasteiger partial charge in [0.05, 0.1) is 28.3 Å². The molecule has 0 aliphatic heterocycles. The molecule has 3 nitrogen and oxygen atoms in total. The summed E-state index contributed by atoms with van der Waals surface area (Å²) < 4.78 is 4.97. The number of hydrogen-bond donors (Lipinski definition) is 0. The molecule has 2 atom stereocenters. The van der Waals surface area contributed by atoms with E-state index in [1.165, 1.54) is 65.9 Å². The lowest BCUT2D eigenvalue weighted by Gasteiger charge is -2.24. The summed E-state index contributed by atoms with van der Waals surface area (Å²) >= 11 is 0. The average Bonchev–Trinajstić information content (AvgIpc) is 3.72. The fourth-order valence-electron chi connectivity index (χ4n) is 8.52. The molecular formula is C47H37N3. The van der Waals surface area contributed by atoms with E-state index in [4.69, 9.17) is 4.98 Å². The molecule has 50 heavy (non-hydrogen) atoms. The maximum Gasteiger partial charge on any atom is 0.137 e. The van der Waals surface area contributed by atoms with Gasteiger partial charge in [0.2, 0.25) is 0 Å². The summed E-state index contributed by atoms with van der Waals surface area (Å²) in [6.45, 7) is 0. The number of aromatic nitrogens is 3. The van der Waals surface area contributed by atoms with E-state index >= 15 is 0 Å². The van der Waals surface area contributed by atoms with Gasteiger partial charge < -0.3 is 4.57 Å². The Morgan fingerprint density at radius 3 is 2.32 bits per heavy atom. The molecule has 3 aromatic heterocycles. The molecule has 0 spiro atoms. The van der Waals surface area contributed by atoms with Gasteiger partial charge in [-0.1, -0.05) is 134 Å². The molecule has 0 saturated heterocycles. The Hall–Kier alpha value is -5.93. The molecule has 0 saturated carbocycles. The highest BCUT2D eigenvalue weighted by atomic mass is 15.1. The van der Waals surface area contributed by atoms with Crippen molar-refractivity contribution in [1.82, 2.24) is 14.1 Å². The van der Waals surface area contributed by atoms with E-state index in [0.717, 1.165) is 37.2 Å². The monoisotopic (exact) mass is 643 g/mol. The lowest BCUT2D eigenvalue weighted by atomic mass is 9.82. The first-order valence-corrected chi connectivity index (χ1v) is 17.9. The molecule has 240 valence electrons. The predicted octanol–water partition coefficient (Wildman–Crippen LogP) is 12.1. The van der Waals surface area contributed by atoms with E-state index in [2.05, 4.69) is 173 Å². The van der Waals surface area contributed by atoms with Gasteiger partial charge in [0.15, 0.2) is 0 Å². The van der Waals surface area contributed by atoms with Crippen molar-refractivity contribution >= 4 is 49.2 Å². The summed E-state index contributed by atoms with van der Waals surface area (Å²) in [6.07, 6.45) is 24.9. The minimum absolute atomic E-state index is 0.155. The molecule has 10 rings (SSSR count). The van der Waals surface area contributed by atoms with Crippen LogP contribution in [0.3, 0.4) is 0 Å². The number of hydrogen-bond acceptors (Lipinski definition) is 1. The summed E-state index contributed by atoms with van der Waals surface area (Å²) in [5.74, 6) is 1.11. The normalized spacial score (nSPS) is 19.0. The van der Waals surface area contributed by atoms with Crippen LogP contribution in [0, 0.1) is 0 Å². The van der Waals surface area contributed by atoms with Crippen LogP contribution >= 0.6 is 0 Å². The predicted molar refractivity (Wildman–Crippen MR) is 210 cm³/mol. The van der Waals surface area contributed by atoms with E-state index in [0.29, 0.717) is 0 Å². The first-order chi connectivity index (χ1) is 24.8. The lowest BCUT2D eigenvalue weighted by molar-refractivity contribution is 0.648. The van der Waals surface area contributed by atoms with E-state index < -0.39 is 0 Å². The van der Waals surface area contributed by atoms with E-state index in [1.54, 1.807) is 0 Å². The van der Waals surface area contributed by atoms with Crippen molar-refractivity contribution in [3.63, 3.8) is 0 Å². The second-order valence-electron chi connectivity index (χ2n) is 13.7. The maximum absolute atomic E-state index is 5.56. The van der Waals surface area contributed by atoms with Gasteiger partial charge in [-0.3, -0.25) is 4.57 Å². The third kappa shape index (κ3) is 4.69. The summed E-state index contributed by atoms with van der Waals surface area (Å²) in [7, 11) is 0. The molecule has 4 aromatic carbocycles. The van der Waals surface area contributed by atoms with Gasteiger partial charge in [-0.2, -0.15) is 0 Å². The largest absolute Gasteiger partial charge is 0.333 e. The van der Waals surface area contributed by atoms with Crippen molar-refractivity contribution < 1.29 is 0 Å². The molecule has 3 heterocycles. The molecule has 3 aliphatic rings. The number of allylic oxidation sites excluding steroid dienone is 12. The zero-order valence-corrected chi connectivity index (χ0v) is 27.9. The highest BCUT2D eigenvalue weighted by Crippen LogP contribution is 2.43. The SMILES string of the molecule is C1=CCC(n2c3ccccc3c3c4c(ccc32)c2ccccc2n4-c2cccc(C3C=C(C4=CCCC=C4)C=C(c4ccccc4)C3)n2)C=C1. The zero-order chi connectivity index (χ0) is 33.0. The van der Waals surface area contributed by atoms with E-state index in [1.807, 2.05) is 0 Å². The Balaban J connectivity index is 1.19. The lowest BCUT2D eigenvalue weighted by Crippen LogP contribution is -2.09. The Morgan fingerprint density at radius 2 is 1.48 bits per heavy atom. The third-order valence-corrected chi connectivity index (χ3v) is 10.8. The van der Waals surface area contributed by atoms with Crippen LogP contribution in [-0.4, -0.2) is 14.1 Å². The molecule has 3 heteroatoms. The van der Waals surface area contributed by atoms with Gasteiger partial charge in [0, 0.05) is 33.0 Å². The van der Waals surface area contributed by atoms with Gasteiger partial charge in [-0.05, 0) is 78.3 Å². The van der Waals surface area contributed by atoms with Crippen molar-refractivity contribution in [2.45, 2.75) is 37.6 Å². The van der Waals surface area contributed by atoms with Crippen LogP contribution in [0.1, 0.15) is 48.9 Å². The summed E-state index contributed by atoms with van der Waals surface area (Å²) in [4.78, 5) is 5.56. The number of para-hydroxylation sites is 2. The molecule has 0 radical (unpaired) electrons. The van der Waals surface area contributed by atoms with Crippen LogP contribution in [-0.2, 0) is 0 Å². The van der Waals surface area contributed by atoms with Gasteiger partial charge in [0.1, 0.15) is 5.82 Å². The van der Waals surface area contributed by atoms with Crippen LogP contribution in [0.15, 0.2) is 175 Å². The Kier molecular flexibility index (Phi) is 6.90. The third-order valence-electron chi connectivity index (χ3n) is 10.8. The second kappa shape index (κ2) is 11.9. The molecule has 3 aliphatic carbocycles. The van der Waals surface area contributed by atoms with Crippen molar-refractivity contribution in [2.75, 3.05) is 0 Å². The average molecular weight is 644 g/mol. The summed E-state index contributed by atoms with van der Waals surface area (Å²) in [6, 6.07) is 40.1. The number of rotatable bonds is 5. The van der Waals surface area contributed by atoms with Crippen LogP contribution in [0.4, 0.5) is 0 Å². The van der Waals surface area contributed by atoms with E-state index in [-0.39, 0.29) is 12.0 Å². The Bertz CT molecular complexity index is 2650.